The number of aromatic carboxylic acids is 1. The number of carbonyl (C=O) groups is 1. The molecule has 0 amide bonds. The van der Waals surface area contributed by atoms with Crippen LogP contribution in [0.3, 0.4) is 0 Å². The molecule has 0 saturated carbocycles. The maximum absolute atomic E-state index is 13.0. The fourth-order valence-electron chi connectivity index (χ4n) is 1.75. The molecular weight excluding hydrogens is 249 g/mol. The molecule has 100 valence electrons. The van der Waals surface area contributed by atoms with E-state index in [1.165, 1.54) is 12.1 Å². The number of carboxylic acids is 1. The van der Waals surface area contributed by atoms with Crippen molar-refractivity contribution in [1.29, 1.82) is 0 Å². The molecule has 0 bridgehead atoms. The van der Waals surface area contributed by atoms with E-state index in [0.29, 0.717) is 12.2 Å². The van der Waals surface area contributed by atoms with Crippen LogP contribution in [0.15, 0.2) is 36.9 Å². The fourth-order valence-corrected chi connectivity index (χ4v) is 1.75. The smallest absolute Gasteiger partial charge is 0.337 e. The Balaban J connectivity index is 1.90. The molecule has 0 aliphatic carbocycles. The van der Waals surface area contributed by atoms with Gasteiger partial charge in [0, 0.05) is 31.2 Å². The second kappa shape index (κ2) is 5.99. The van der Waals surface area contributed by atoms with E-state index in [2.05, 4.69) is 10.3 Å². The van der Waals surface area contributed by atoms with Crippen molar-refractivity contribution in [3.8, 4) is 0 Å². The monoisotopic (exact) mass is 263 g/mol. The van der Waals surface area contributed by atoms with Crippen LogP contribution in [0.5, 0.6) is 0 Å². The Bertz CT molecular complexity index is 555. The van der Waals surface area contributed by atoms with Crippen molar-refractivity contribution in [1.82, 2.24) is 9.55 Å². The van der Waals surface area contributed by atoms with Crippen LogP contribution in [0.25, 0.3) is 0 Å². The molecule has 0 saturated heterocycles. The van der Waals surface area contributed by atoms with E-state index < -0.39 is 11.8 Å². The van der Waals surface area contributed by atoms with E-state index in [0.717, 1.165) is 19.0 Å². The highest BCUT2D eigenvalue weighted by Gasteiger charge is 2.10. The van der Waals surface area contributed by atoms with Crippen LogP contribution in [0.2, 0.25) is 0 Å². The number of nitrogens with zero attached hydrogens (tertiary/aromatic N) is 2. The topological polar surface area (TPSA) is 67.2 Å². The first kappa shape index (κ1) is 13.1. The average Bonchev–Trinajstić information content (AvgIpc) is 2.89. The quantitative estimate of drug-likeness (QED) is 0.784. The lowest BCUT2D eigenvalue weighted by molar-refractivity contribution is 0.0697. The van der Waals surface area contributed by atoms with Gasteiger partial charge in [-0.1, -0.05) is 0 Å². The van der Waals surface area contributed by atoms with Crippen LogP contribution in [0.1, 0.15) is 16.8 Å². The van der Waals surface area contributed by atoms with Gasteiger partial charge in [-0.25, -0.2) is 14.2 Å². The number of nitrogens with one attached hydrogen (secondary N) is 1. The molecular formula is C13H14FN3O2. The lowest BCUT2D eigenvalue weighted by Gasteiger charge is -2.09. The van der Waals surface area contributed by atoms with E-state index in [1.807, 2.05) is 10.8 Å². The summed E-state index contributed by atoms with van der Waals surface area (Å²) in [6.07, 6.45) is 6.10. The van der Waals surface area contributed by atoms with E-state index in [1.54, 1.807) is 12.5 Å². The summed E-state index contributed by atoms with van der Waals surface area (Å²) in [6.45, 7) is 1.39. The summed E-state index contributed by atoms with van der Waals surface area (Å²) in [4.78, 5) is 14.9. The number of hydrogen-bond acceptors (Lipinski definition) is 3. The molecule has 0 atom stereocenters. The zero-order valence-electron chi connectivity index (χ0n) is 10.2. The van der Waals surface area contributed by atoms with Crippen LogP contribution in [0, 0.1) is 5.82 Å². The molecule has 2 N–H and O–H groups in total. The number of hydrogen-bond donors (Lipinski definition) is 2. The predicted molar refractivity (Wildman–Crippen MR) is 68.7 cm³/mol. The molecule has 2 rings (SSSR count). The largest absolute Gasteiger partial charge is 0.478 e. The molecule has 0 aliphatic rings. The summed E-state index contributed by atoms with van der Waals surface area (Å²) >= 11 is 0. The van der Waals surface area contributed by atoms with Gasteiger partial charge in [0.1, 0.15) is 5.82 Å². The molecule has 1 aromatic heterocycles. The van der Waals surface area contributed by atoms with Gasteiger partial charge >= 0.3 is 5.97 Å². The van der Waals surface area contributed by atoms with Crippen LogP contribution in [-0.4, -0.2) is 27.2 Å². The minimum absolute atomic E-state index is 0.0531. The number of benzene rings is 1. The van der Waals surface area contributed by atoms with Crippen LogP contribution < -0.4 is 5.32 Å². The first-order valence-electron chi connectivity index (χ1n) is 5.89. The standard InChI is InChI=1S/C13H14FN3O2/c14-10-2-3-12(11(8-10)13(18)19)16-4-1-6-17-7-5-15-9-17/h2-3,5,7-9,16H,1,4,6H2,(H,18,19). The summed E-state index contributed by atoms with van der Waals surface area (Å²) in [7, 11) is 0. The normalized spacial score (nSPS) is 10.4. The maximum atomic E-state index is 13.0. The van der Waals surface area contributed by atoms with Gasteiger partial charge in [-0.3, -0.25) is 0 Å². The molecule has 5 nitrogen and oxygen atoms in total. The number of carboxylic acid groups (broad SMARTS) is 1. The average molecular weight is 263 g/mol. The number of halogens is 1. The van der Waals surface area contributed by atoms with E-state index in [-0.39, 0.29) is 5.56 Å². The molecule has 0 spiro atoms. The molecule has 0 unspecified atom stereocenters. The molecule has 1 heterocycles. The van der Waals surface area contributed by atoms with Gasteiger partial charge in [0.2, 0.25) is 0 Å². The summed E-state index contributed by atoms with van der Waals surface area (Å²) in [5.74, 6) is -1.70. The fraction of sp³-hybridized carbons (Fsp3) is 0.231. The Morgan fingerprint density at radius 2 is 2.32 bits per heavy atom. The van der Waals surface area contributed by atoms with E-state index >= 15 is 0 Å². The van der Waals surface area contributed by atoms with Gasteiger partial charge in [-0.15, -0.1) is 0 Å². The SMILES string of the molecule is O=C(O)c1cc(F)ccc1NCCCn1ccnc1. The van der Waals surface area contributed by atoms with Crippen molar-refractivity contribution in [3.05, 3.63) is 48.3 Å². The minimum atomic E-state index is -1.14. The third kappa shape index (κ3) is 3.54. The first-order chi connectivity index (χ1) is 9.16. The molecule has 2 aromatic rings. The van der Waals surface area contributed by atoms with Crippen molar-refractivity contribution < 1.29 is 14.3 Å². The predicted octanol–water partition coefficient (Wildman–Crippen LogP) is 2.22. The van der Waals surface area contributed by atoms with Crippen LogP contribution in [-0.2, 0) is 6.54 Å². The van der Waals surface area contributed by atoms with Crippen molar-refractivity contribution in [2.45, 2.75) is 13.0 Å². The van der Waals surface area contributed by atoms with Gasteiger partial charge in [0.15, 0.2) is 0 Å². The Morgan fingerprint density at radius 1 is 1.47 bits per heavy atom. The summed E-state index contributed by atoms with van der Waals surface area (Å²) in [5.41, 5.74) is 0.377. The van der Waals surface area contributed by atoms with E-state index in [4.69, 9.17) is 5.11 Å². The number of anilines is 1. The van der Waals surface area contributed by atoms with Crippen LogP contribution >= 0.6 is 0 Å². The highest BCUT2D eigenvalue weighted by atomic mass is 19.1. The molecule has 0 radical (unpaired) electrons. The van der Waals surface area contributed by atoms with Gasteiger partial charge < -0.3 is 15.0 Å². The zero-order chi connectivity index (χ0) is 13.7. The van der Waals surface area contributed by atoms with Crippen molar-refractivity contribution in [2.24, 2.45) is 0 Å². The summed E-state index contributed by atoms with van der Waals surface area (Å²) in [6, 6.07) is 3.70. The Labute approximate surface area is 109 Å². The van der Waals surface area contributed by atoms with Crippen LogP contribution in [0.4, 0.5) is 10.1 Å². The lowest BCUT2D eigenvalue weighted by atomic mass is 10.1. The molecule has 0 aliphatic heterocycles. The Morgan fingerprint density at radius 3 is 3.00 bits per heavy atom. The molecule has 1 aromatic carbocycles. The minimum Gasteiger partial charge on any atom is -0.478 e. The van der Waals surface area contributed by atoms with Gasteiger partial charge in [0.25, 0.3) is 0 Å². The molecule has 19 heavy (non-hydrogen) atoms. The number of rotatable bonds is 6. The number of aryl methyl sites for hydroxylation is 1. The lowest BCUT2D eigenvalue weighted by Crippen LogP contribution is -2.10. The molecule has 6 heteroatoms. The van der Waals surface area contributed by atoms with E-state index in [9.17, 15) is 9.18 Å². The van der Waals surface area contributed by atoms with Gasteiger partial charge in [-0.2, -0.15) is 0 Å². The highest BCUT2D eigenvalue weighted by Crippen LogP contribution is 2.17. The second-order valence-corrected chi connectivity index (χ2v) is 4.08. The van der Waals surface area contributed by atoms with Gasteiger partial charge in [0.05, 0.1) is 11.9 Å². The maximum Gasteiger partial charge on any atom is 0.337 e. The molecule has 0 fully saturated rings. The summed E-state index contributed by atoms with van der Waals surface area (Å²) in [5, 5.41) is 12.0. The summed E-state index contributed by atoms with van der Waals surface area (Å²) < 4.78 is 14.9. The number of imidazole rings is 1. The van der Waals surface area contributed by atoms with Crippen molar-refractivity contribution >= 4 is 11.7 Å². The van der Waals surface area contributed by atoms with Crippen molar-refractivity contribution in [3.63, 3.8) is 0 Å². The second-order valence-electron chi connectivity index (χ2n) is 4.08. The first-order valence-corrected chi connectivity index (χ1v) is 5.89. The third-order valence-electron chi connectivity index (χ3n) is 2.68. The highest BCUT2D eigenvalue weighted by molar-refractivity contribution is 5.94. The van der Waals surface area contributed by atoms with Crippen molar-refractivity contribution in [2.75, 3.05) is 11.9 Å². The zero-order valence-corrected chi connectivity index (χ0v) is 10.2. The third-order valence-corrected chi connectivity index (χ3v) is 2.68. The van der Waals surface area contributed by atoms with Gasteiger partial charge in [-0.05, 0) is 24.6 Å². The Kier molecular flexibility index (Phi) is 4.12. The number of aromatic nitrogens is 2. The Hall–Kier alpha value is -2.37.